The summed E-state index contributed by atoms with van der Waals surface area (Å²) in [4.78, 5) is 25.4. The highest BCUT2D eigenvalue weighted by Gasteiger charge is 2.23. The fourth-order valence-electron chi connectivity index (χ4n) is 4.40. The fourth-order valence-corrected chi connectivity index (χ4v) is 5.22. The van der Waals surface area contributed by atoms with E-state index in [0.29, 0.717) is 18.4 Å². The van der Waals surface area contributed by atoms with Crippen LogP contribution in [0.5, 0.6) is 11.5 Å². The second kappa shape index (κ2) is 17.2. The zero-order chi connectivity index (χ0) is 31.3. The molecule has 0 radical (unpaired) electrons. The third-order valence-electron chi connectivity index (χ3n) is 6.69. The quantitative estimate of drug-likeness (QED) is 0.0775. The second-order valence-electron chi connectivity index (χ2n) is 13.9. The molecule has 2 N–H and O–H groups in total. The third-order valence-corrected chi connectivity index (χ3v) is 7.51. The molecule has 1 aromatic rings. The lowest BCUT2D eigenvalue weighted by Gasteiger charge is -2.20. The topological polar surface area (TPSA) is 119 Å². The normalized spacial score (nSPS) is 13.3. The molecule has 0 aliphatic carbocycles. The first kappa shape index (κ1) is 37.1. The number of unbranched alkanes of at least 4 members (excludes halogenated alkanes) is 4. The molecule has 0 amide bonds. The van der Waals surface area contributed by atoms with Crippen molar-refractivity contribution >= 4 is 22.1 Å². The first-order valence-corrected chi connectivity index (χ1v) is 16.7. The van der Waals surface area contributed by atoms with Gasteiger partial charge in [-0.2, -0.15) is 8.42 Å². The maximum atomic E-state index is 12.7. The Morgan fingerprint density at radius 3 is 1.73 bits per heavy atom. The molecule has 41 heavy (non-hydrogen) atoms. The summed E-state index contributed by atoms with van der Waals surface area (Å²) >= 11 is 0. The van der Waals surface area contributed by atoms with Crippen LogP contribution in [0, 0.1) is 10.8 Å². The van der Waals surface area contributed by atoms with Crippen molar-refractivity contribution in [2.75, 3.05) is 12.3 Å². The number of carbonyl (C=O) groups excluding carboxylic acids is 2. The summed E-state index contributed by atoms with van der Waals surface area (Å²) in [5.74, 6) is -1.76. The standard InChI is InChI=1S/C32H55NO7S/c1-24(2)33-22-26(23-41(36,37)38)25-17-18-27(39-29(34)15-11-9-13-19-31(3,4)5)28(21-25)40-30(35)16-12-10-14-20-32(6,7)8/h17-18,21,24,26,33H,9-16,19-20,22-23H2,1-8H3,(H,36,37,38). The Hall–Kier alpha value is -1.97. The molecule has 0 saturated heterocycles. The number of hydrogen-bond donors (Lipinski definition) is 2. The van der Waals surface area contributed by atoms with E-state index >= 15 is 0 Å². The SMILES string of the molecule is CC(C)NCC(CS(=O)(=O)O)c1ccc(OC(=O)CCCCCC(C)(C)C)c(OC(=O)CCCCCC(C)(C)C)c1. The van der Waals surface area contributed by atoms with Gasteiger partial charge in [0, 0.05) is 31.3 Å². The van der Waals surface area contributed by atoms with Crippen LogP contribution in [0.2, 0.25) is 0 Å². The van der Waals surface area contributed by atoms with Gasteiger partial charge in [-0.25, -0.2) is 0 Å². The molecule has 0 fully saturated rings. The molecule has 9 heteroatoms. The molecule has 0 aliphatic rings. The Labute approximate surface area is 249 Å². The van der Waals surface area contributed by atoms with Gasteiger partial charge < -0.3 is 14.8 Å². The predicted molar refractivity (Wildman–Crippen MR) is 165 cm³/mol. The Morgan fingerprint density at radius 1 is 0.805 bits per heavy atom. The molecule has 1 rings (SSSR count). The number of carbonyl (C=O) groups is 2. The number of rotatable bonds is 18. The van der Waals surface area contributed by atoms with E-state index in [0.717, 1.165) is 38.5 Å². The molecule has 0 aromatic heterocycles. The molecule has 1 unspecified atom stereocenters. The van der Waals surface area contributed by atoms with Gasteiger partial charge in [-0.15, -0.1) is 0 Å². The Kier molecular flexibility index (Phi) is 15.6. The lowest BCUT2D eigenvalue weighted by Crippen LogP contribution is -2.31. The maximum Gasteiger partial charge on any atom is 0.311 e. The van der Waals surface area contributed by atoms with Crippen molar-refractivity contribution in [2.24, 2.45) is 10.8 Å². The van der Waals surface area contributed by atoms with Crippen LogP contribution in [0.15, 0.2) is 18.2 Å². The molecule has 1 aromatic carbocycles. The lowest BCUT2D eigenvalue weighted by molar-refractivity contribution is -0.137. The molecule has 0 heterocycles. The maximum absolute atomic E-state index is 12.7. The van der Waals surface area contributed by atoms with E-state index in [9.17, 15) is 22.6 Å². The van der Waals surface area contributed by atoms with Crippen LogP contribution in [-0.4, -0.2) is 43.2 Å². The monoisotopic (exact) mass is 597 g/mol. The number of esters is 2. The average Bonchev–Trinajstić information content (AvgIpc) is 2.80. The highest BCUT2D eigenvalue weighted by atomic mass is 32.2. The minimum atomic E-state index is -4.27. The van der Waals surface area contributed by atoms with E-state index in [2.05, 4.69) is 46.9 Å². The van der Waals surface area contributed by atoms with E-state index in [1.165, 1.54) is 6.07 Å². The molecule has 0 spiro atoms. The number of ether oxygens (including phenoxy) is 2. The van der Waals surface area contributed by atoms with Gasteiger partial charge in [0.1, 0.15) is 0 Å². The zero-order valence-electron chi connectivity index (χ0n) is 26.7. The van der Waals surface area contributed by atoms with Crippen molar-refractivity contribution in [3.8, 4) is 11.5 Å². The molecule has 0 aliphatic heterocycles. The highest BCUT2D eigenvalue weighted by Crippen LogP contribution is 2.33. The van der Waals surface area contributed by atoms with Crippen LogP contribution in [0.1, 0.15) is 131 Å². The van der Waals surface area contributed by atoms with E-state index < -0.39 is 33.7 Å². The third kappa shape index (κ3) is 19.0. The lowest BCUT2D eigenvalue weighted by atomic mass is 9.89. The minimum Gasteiger partial charge on any atom is -0.423 e. The van der Waals surface area contributed by atoms with Gasteiger partial charge in [0.2, 0.25) is 0 Å². The van der Waals surface area contributed by atoms with Crippen molar-refractivity contribution < 1.29 is 32.0 Å². The van der Waals surface area contributed by atoms with Crippen molar-refractivity contribution in [1.29, 1.82) is 0 Å². The summed E-state index contributed by atoms with van der Waals surface area (Å²) in [5, 5.41) is 3.20. The number of hydrogen-bond acceptors (Lipinski definition) is 7. The second-order valence-corrected chi connectivity index (χ2v) is 15.4. The van der Waals surface area contributed by atoms with E-state index in [-0.39, 0.29) is 47.8 Å². The number of nitrogens with one attached hydrogen (secondary N) is 1. The van der Waals surface area contributed by atoms with Gasteiger partial charge in [0.05, 0.1) is 5.75 Å². The summed E-state index contributed by atoms with van der Waals surface area (Å²) < 4.78 is 44.3. The van der Waals surface area contributed by atoms with Gasteiger partial charge in [-0.1, -0.05) is 87.1 Å². The fraction of sp³-hybridized carbons (Fsp3) is 0.750. The Bertz CT molecular complexity index is 1050. The molecule has 8 nitrogen and oxygen atoms in total. The molecule has 0 bridgehead atoms. The van der Waals surface area contributed by atoms with E-state index in [1.54, 1.807) is 12.1 Å². The van der Waals surface area contributed by atoms with Gasteiger partial charge in [-0.05, 0) is 54.2 Å². The summed E-state index contributed by atoms with van der Waals surface area (Å²) in [7, 11) is -4.27. The van der Waals surface area contributed by atoms with Crippen LogP contribution in [-0.2, 0) is 19.7 Å². The number of benzene rings is 1. The van der Waals surface area contributed by atoms with Crippen LogP contribution in [0.25, 0.3) is 0 Å². The van der Waals surface area contributed by atoms with Gasteiger partial charge in [0.15, 0.2) is 11.5 Å². The van der Waals surface area contributed by atoms with Crippen LogP contribution >= 0.6 is 0 Å². The van der Waals surface area contributed by atoms with Gasteiger partial charge in [-0.3, -0.25) is 14.1 Å². The summed E-state index contributed by atoms with van der Waals surface area (Å²) in [6.45, 7) is 17.3. The van der Waals surface area contributed by atoms with Crippen LogP contribution < -0.4 is 14.8 Å². The van der Waals surface area contributed by atoms with Crippen molar-refractivity contribution in [3.63, 3.8) is 0 Å². The molecule has 236 valence electrons. The Balaban J connectivity index is 3.02. The average molecular weight is 598 g/mol. The predicted octanol–water partition coefficient (Wildman–Crippen LogP) is 7.46. The summed E-state index contributed by atoms with van der Waals surface area (Å²) in [6, 6.07) is 4.82. The Morgan fingerprint density at radius 2 is 1.29 bits per heavy atom. The minimum absolute atomic E-state index is 0.0770. The van der Waals surface area contributed by atoms with Crippen molar-refractivity contribution in [1.82, 2.24) is 5.32 Å². The van der Waals surface area contributed by atoms with E-state index in [1.807, 2.05) is 13.8 Å². The summed E-state index contributed by atoms with van der Waals surface area (Å²) in [6.07, 6.45) is 7.87. The van der Waals surface area contributed by atoms with Gasteiger partial charge >= 0.3 is 11.9 Å². The molecule has 1 atom stereocenters. The van der Waals surface area contributed by atoms with Crippen LogP contribution in [0.4, 0.5) is 0 Å². The largest absolute Gasteiger partial charge is 0.423 e. The highest BCUT2D eigenvalue weighted by molar-refractivity contribution is 7.85. The molecular weight excluding hydrogens is 542 g/mol. The first-order chi connectivity index (χ1) is 18.8. The molecular formula is C32H55NO7S. The first-order valence-electron chi connectivity index (χ1n) is 15.1. The van der Waals surface area contributed by atoms with Gasteiger partial charge in [0.25, 0.3) is 10.1 Å². The van der Waals surface area contributed by atoms with Crippen molar-refractivity contribution in [2.45, 2.75) is 132 Å². The van der Waals surface area contributed by atoms with Crippen molar-refractivity contribution in [3.05, 3.63) is 23.8 Å². The molecule has 0 saturated carbocycles. The van der Waals surface area contributed by atoms with Crippen LogP contribution in [0.3, 0.4) is 0 Å². The van der Waals surface area contributed by atoms with E-state index in [4.69, 9.17) is 9.47 Å². The summed E-state index contributed by atoms with van der Waals surface area (Å²) in [5.41, 5.74) is 1.05. The zero-order valence-corrected chi connectivity index (χ0v) is 27.5. The smallest absolute Gasteiger partial charge is 0.311 e.